The van der Waals surface area contributed by atoms with Crippen molar-refractivity contribution in [2.24, 2.45) is 4.99 Å². The van der Waals surface area contributed by atoms with E-state index in [0.717, 1.165) is 5.84 Å². The molecule has 0 aromatic heterocycles. The lowest BCUT2D eigenvalue weighted by Crippen LogP contribution is -2.33. The van der Waals surface area contributed by atoms with Crippen LogP contribution in [0.25, 0.3) is 0 Å². The Hall–Kier alpha value is -0.790. The van der Waals surface area contributed by atoms with E-state index in [-0.39, 0.29) is 0 Å². The lowest BCUT2D eigenvalue weighted by molar-refractivity contribution is 0.739. The fraction of sp³-hybridized carbons (Fsp3) is 0.571. The average molecular weight is 124 g/mol. The maximum atomic E-state index is 4.10. The molecule has 1 heterocycles. The van der Waals surface area contributed by atoms with E-state index in [9.17, 15) is 0 Å². The summed E-state index contributed by atoms with van der Waals surface area (Å²) < 4.78 is 0. The Morgan fingerprint density at radius 2 is 2.22 bits per heavy atom. The van der Waals surface area contributed by atoms with Gasteiger partial charge in [0.25, 0.3) is 0 Å². The highest BCUT2D eigenvalue weighted by atomic mass is 15.0. The van der Waals surface area contributed by atoms with Crippen LogP contribution in [0.15, 0.2) is 16.8 Å². The van der Waals surface area contributed by atoms with Gasteiger partial charge in [-0.15, -0.1) is 0 Å². The van der Waals surface area contributed by atoms with Crippen LogP contribution in [0.3, 0.4) is 0 Å². The van der Waals surface area contributed by atoms with Gasteiger partial charge in [0.15, 0.2) is 0 Å². The van der Waals surface area contributed by atoms with Crippen LogP contribution in [0.1, 0.15) is 20.8 Å². The van der Waals surface area contributed by atoms with Gasteiger partial charge in [-0.25, -0.2) is 4.99 Å². The van der Waals surface area contributed by atoms with Gasteiger partial charge in [-0.05, 0) is 26.3 Å². The molecule has 1 unspecified atom stereocenters. The normalized spacial score (nSPS) is 26.3. The summed E-state index contributed by atoms with van der Waals surface area (Å²) in [4.78, 5) is 4.10. The molecule has 50 valence electrons. The molecule has 0 aliphatic carbocycles. The van der Waals surface area contributed by atoms with Gasteiger partial charge in [0.05, 0.1) is 5.84 Å². The fourth-order valence-corrected chi connectivity index (χ4v) is 0.775. The fourth-order valence-electron chi connectivity index (χ4n) is 0.775. The zero-order chi connectivity index (χ0) is 6.85. The van der Waals surface area contributed by atoms with E-state index < -0.39 is 0 Å². The standard InChI is InChI=1S/C7H12N2/c1-5-4-8-7(3)9-6(5)2/h4,6H,1-3H3,(H,8,9). The molecule has 1 N–H and O–H groups in total. The van der Waals surface area contributed by atoms with Crippen LogP contribution in [0.4, 0.5) is 0 Å². The minimum absolute atomic E-state index is 0.461. The van der Waals surface area contributed by atoms with Gasteiger partial charge in [-0.2, -0.15) is 0 Å². The number of aliphatic imine (C=N–C) groups is 1. The second kappa shape index (κ2) is 2.21. The minimum Gasteiger partial charge on any atom is -0.368 e. The molecule has 0 aromatic carbocycles. The maximum Gasteiger partial charge on any atom is 0.0988 e. The van der Waals surface area contributed by atoms with Gasteiger partial charge in [-0.3, -0.25) is 0 Å². The molecular weight excluding hydrogens is 112 g/mol. The Morgan fingerprint density at radius 1 is 1.56 bits per heavy atom. The first-order chi connectivity index (χ1) is 4.20. The Labute approximate surface area is 55.7 Å². The van der Waals surface area contributed by atoms with E-state index in [4.69, 9.17) is 0 Å². The topological polar surface area (TPSA) is 24.4 Å². The van der Waals surface area contributed by atoms with E-state index in [2.05, 4.69) is 24.2 Å². The number of nitrogens with zero attached hydrogens (tertiary/aromatic N) is 1. The molecule has 1 aliphatic rings. The van der Waals surface area contributed by atoms with Gasteiger partial charge in [0.2, 0.25) is 0 Å². The van der Waals surface area contributed by atoms with Crippen molar-refractivity contribution in [3.8, 4) is 0 Å². The summed E-state index contributed by atoms with van der Waals surface area (Å²) in [5.74, 6) is 1.01. The minimum atomic E-state index is 0.461. The second-order valence-electron chi connectivity index (χ2n) is 2.45. The lowest BCUT2D eigenvalue weighted by Gasteiger charge is -2.18. The average Bonchev–Trinajstić information content (AvgIpc) is 1.80. The molecular formula is C7H12N2. The summed E-state index contributed by atoms with van der Waals surface area (Å²) in [6.45, 7) is 6.18. The summed E-state index contributed by atoms with van der Waals surface area (Å²) in [5, 5.41) is 3.21. The van der Waals surface area contributed by atoms with E-state index >= 15 is 0 Å². The first kappa shape index (κ1) is 6.33. The maximum absolute atomic E-state index is 4.10. The van der Waals surface area contributed by atoms with Gasteiger partial charge < -0.3 is 5.32 Å². The molecule has 2 heteroatoms. The molecule has 0 saturated carbocycles. The van der Waals surface area contributed by atoms with Crippen molar-refractivity contribution < 1.29 is 0 Å². The van der Waals surface area contributed by atoms with Gasteiger partial charge in [0.1, 0.15) is 0 Å². The molecule has 0 amide bonds. The number of nitrogens with one attached hydrogen (secondary N) is 1. The second-order valence-corrected chi connectivity index (χ2v) is 2.45. The summed E-state index contributed by atoms with van der Waals surface area (Å²) in [6.07, 6.45) is 1.91. The summed E-state index contributed by atoms with van der Waals surface area (Å²) >= 11 is 0. The molecule has 0 spiro atoms. The zero-order valence-electron chi connectivity index (χ0n) is 6.10. The van der Waals surface area contributed by atoms with Crippen LogP contribution in [-0.2, 0) is 0 Å². The van der Waals surface area contributed by atoms with Crippen LogP contribution in [-0.4, -0.2) is 11.9 Å². The first-order valence-corrected chi connectivity index (χ1v) is 3.18. The smallest absolute Gasteiger partial charge is 0.0988 e. The van der Waals surface area contributed by atoms with Crippen molar-refractivity contribution in [1.29, 1.82) is 0 Å². The first-order valence-electron chi connectivity index (χ1n) is 3.18. The molecule has 0 bridgehead atoms. The van der Waals surface area contributed by atoms with Crippen molar-refractivity contribution in [3.63, 3.8) is 0 Å². The van der Waals surface area contributed by atoms with Crippen molar-refractivity contribution >= 4 is 5.84 Å². The zero-order valence-corrected chi connectivity index (χ0v) is 6.10. The monoisotopic (exact) mass is 124 g/mol. The lowest BCUT2D eigenvalue weighted by atomic mass is 10.1. The Bertz CT molecular complexity index is 168. The summed E-state index contributed by atoms with van der Waals surface area (Å²) in [5.41, 5.74) is 1.29. The Balaban J connectivity index is 2.74. The third-order valence-electron chi connectivity index (χ3n) is 1.57. The summed E-state index contributed by atoms with van der Waals surface area (Å²) in [6, 6.07) is 0.461. The molecule has 0 aromatic rings. The third-order valence-corrected chi connectivity index (χ3v) is 1.57. The quantitative estimate of drug-likeness (QED) is 0.517. The number of hydrogen-bond donors (Lipinski definition) is 1. The van der Waals surface area contributed by atoms with Crippen LogP contribution < -0.4 is 5.32 Å². The van der Waals surface area contributed by atoms with Crippen molar-refractivity contribution in [2.45, 2.75) is 26.8 Å². The number of amidine groups is 1. The molecule has 1 atom stereocenters. The third kappa shape index (κ3) is 1.31. The van der Waals surface area contributed by atoms with Crippen LogP contribution in [0, 0.1) is 0 Å². The van der Waals surface area contributed by atoms with E-state index in [1.807, 2.05) is 13.1 Å². The predicted octanol–water partition coefficient (Wildman–Crippen LogP) is 1.30. The molecule has 0 radical (unpaired) electrons. The van der Waals surface area contributed by atoms with Crippen LogP contribution in [0.2, 0.25) is 0 Å². The number of hydrogen-bond acceptors (Lipinski definition) is 2. The molecule has 2 nitrogen and oxygen atoms in total. The molecule has 1 rings (SSSR count). The predicted molar refractivity (Wildman–Crippen MR) is 39.5 cm³/mol. The van der Waals surface area contributed by atoms with E-state index in [1.54, 1.807) is 0 Å². The van der Waals surface area contributed by atoms with Crippen LogP contribution >= 0.6 is 0 Å². The molecule has 0 saturated heterocycles. The van der Waals surface area contributed by atoms with E-state index in [1.165, 1.54) is 5.57 Å². The van der Waals surface area contributed by atoms with Gasteiger partial charge in [-0.1, -0.05) is 0 Å². The van der Waals surface area contributed by atoms with Crippen LogP contribution in [0.5, 0.6) is 0 Å². The molecule has 9 heavy (non-hydrogen) atoms. The summed E-state index contributed by atoms with van der Waals surface area (Å²) in [7, 11) is 0. The number of rotatable bonds is 0. The van der Waals surface area contributed by atoms with Gasteiger partial charge in [0, 0.05) is 12.2 Å². The SMILES string of the molecule is CC1=CN=C(C)NC1C. The van der Waals surface area contributed by atoms with Crippen molar-refractivity contribution in [2.75, 3.05) is 0 Å². The highest BCUT2D eigenvalue weighted by molar-refractivity contribution is 5.81. The molecule has 1 aliphatic heterocycles. The largest absolute Gasteiger partial charge is 0.368 e. The highest BCUT2D eigenvalue weighted by Gasteiger charge is 2.06. The van der Waals surface area contributed by atoms with Crippen molar-refractivity contribution in [1.82, 2.24) is 5.32 Å². The van der Waals surface area contributed by atoms with E-state index in [0.29, 0.717) is 6.04 Å². The molecule has 0 fully saturated rings. The van der Waals surface area contributed by atoms with Gasteiger partial charge >= 0.3 is 0 Å². The Kier molecular flexibility index (Phi) is 1.56. The Morgan fingerprint density at radius 3 is 2.67 bits per heavy atom. The van der Waals surface area contributed by atoms with Crippen molar-refractivity contribution in [3.05, 3.63) is 11.8 Å². The highest BCUT2D eigenvalue weighted by Crippen LogP contribution is 2.04.